The molecular weight excluding hydrogens is 224 g/mol. The number of hydrogen-bond acceptors (Lipinski definition) is 3. The van der Waals surface area contributed by atoms with Gasteiger partial charge >= 0.3 is 0 Å². The van der Waals surface area contributed by atoms with Crippen LogP contribution in [0.3, 0.4) is 0 Å². The van der Waals surface area contributed by atoms with Crippen molar-refractivity contribution in [2.24, 2.45) is 0 Å². The van der Waals surface area contributed by atoms with Gasteiger partial charge in [-0.15, -0.1) is 0 Å². The Balaban J connectivity index is 1.51. The topological polar surface area (TPSA) is 28.4 Å². The van der Waals surface area contributed by atoms with E-state index < -0.39 is 0 Å². The first-order valence-corrected chi connectivity index (χ1v) is 7.22. The SMILES string of the molecule is CC(Cc1ccco1)NC1CC2CCC(C1)N2C. The number of nitrogens with zero attached hydrogens (tertiary/aromatic N) is 1. The van der Waals surface area contributed by atoms with E-state index in [1.54, 1.807) is 6.26 Å². The highest BCUT2D eigenvalue weighted by atomic mass is 16.3. The average Bonchev–Trinajstić information content (AvgIpc) is 2.87. The zero-order valence-electron chi connectivity index (χ0n) is 11.4. The Morgan fingerprint density at radius 3 is 2.72 bits per heavy atom. The van der Waals surface area contributed by atoms with Crippen molar-refractivity contribution in [1.29, 1.82) is 0 Å². The van der Waals surface area contributed by atoms with E-state index in [1.165, 1.54) is 25.7 Å². The highest BCUT2D eigenvalue weighted by Gasteiger charge is 2.38. The molecule has 3 atom stereocenters. The molecule has 1 aromatic rings. The third-order valence-corrected chi connectivity index (χ3v) is 4.71. The van der Waals surface area contributed by atoms with Crippen LogP contribution in [0.15, 0.2) is 22.8 Å². The van der Waals surface area contributed by atoms with E-state index in [9.17, 15) is 0 Å². The number of rotatable bonds is 4. The van der Waals surface area contributed by atoms with E-state index in [-0.39, 0.29) is 0 Å². The van der Waals surface area contributed by atoms with Crippen molar-refractivity contribution in [3.63, 3.8) is 0 Å². The van der Waals surface area contributed by atoms with Crippen LogP contribution in [0.25, 0.3) is 0 Å². The van der Waals surface area contributed by atoms with Crippen molar-refractivity contribution in [2.45, 2.75) is 63.2 Å². The van der Waals surface area contributed by atoms with Crippen LogP contribution in [0.2, 0.25) is 0 Å². The van der Waals surface area contributed by atoms with Gasteiger partial charge in [0.1, 0.15) is 5.76 Å². The predicted octanol–water partition coefficient (Wildman–Crippen LogP) is 2.43. The summed E-state index contributed by atoms with van der Waals surface area (Å²) in [6.07, 6.45) is 8.18. The summed E-state index contributed by atoms with van der Waals surface area (Å²) in [5.41, 5.74) is 0. The average molecular weight is 248 g/mol. The lowest BCUT2D eigenvalue weighted by Crippen LogP contribution is -2.49. The minimum Gasteiger partial charge on any atom is -0.469 e. The van der Waals surface area contributed by atoms with Crippen molar-refractivity contribution >= 4 is 0 Å². The van der Waals surface area contributed by atoms with Crippen LogP contribution >= 0.6 is 0 Å². The van der Waals surface area contributed by atoms with Crippen LogP contribution in [0.4, 0.5) is 0 Å². The fraction of sp³-hybridized carbons (Fsp3) is 0.733. The molecule has 0 aliphatic carbocycles. The first-order valence-electron chi connectivity index (χ1n) is 7.22. The molecule has 0 aromatic carbocycles. The van der Waals surface area contributed by atoms with E-state index in [4.69, 9.17) is 4.42 Å². The number of fused-ring (bicyclic) bond motifs is 2. The van der Waals surface area contributed by atoms with E-state index in [2.05, 4.69) is 30.3 Å². The third kappa shape index (κ3) is 2.47. The van der Waals surface area contributed by atoms with Crippen LogP contribution in [-0.2, 0) is 6.42 Å². The molecule has 1 N–H and O–H groups in total. The van der Waals surface area contributed by atoms with Crippen molar-refractivity contribution in [3.05, 3.63) is 24.2 Å². The van der Waals surface area contributed by atoms with Crippen LogP contribution in [0, 0.1) is 0 Å². The Hall–Kier alpha value is -0.800. The molecule has 2 aliphatic heterocycles. The van der Waals surface area contributed by atoms with Gasteiger partial charge in [-0.2, -0.15) is 0 Å². The van der Waals surface area contributed by atoms with Crippen LogP contribution in [0.5, 0.6) is 0 Å². The molecule has 2 fully saturated rings. The summed E-state index contributed by atoms with van der Waals surface area (Å²) in [7, 11) is 2.30. The highest BCUT2D eigenvalue weighted by molar-refractivity contribution is 5.01. The normalized spacial score (nSPS) is 33.8. The summed E-state index contributed by atoms with van der Waals surface area (Å²) >= 11 is 0. The summed E-state index contributed by atoms with van der Waals surface area (Å²) in [6.45, 7) is 2.27. The Morgan fingerprint density at radius 1 is 1.39 bits per heavy atom. The number of furan rings is 1. The quantitative estimate of drug-likeness (QED) is 0.887. The summed E-state index contributed by atoms with van der Waals surface area (Å²) < 4.78 is 5.42. The lowest BCUT2D eigenvalue weighted by Gasteiger charge is -2.37. The highest BCUT2D eigenvalue weighted by Crippen LogP contribution is 2.34. The molecule has 2 bridgehead atoms. The first-order chi connectivity index (χ1) is 8.72. The lowest BCUT2D eigenvalue weighted by molar-refractivity contribution is 0.143. The van der Waals surface area contributed by atoms with Gasteiger partial charge in [0.05, 0.1) is 6.26 Å². The van der Waals surface area contributed by atoms with Gasteiger partial charge in [0, 0.05) is 30.6 Å². The molecule has 3 rings (SSSR count). The molecule has 3 heterocycles. The maximum atomic E-state index is 5.42. The molecule has 1 aromatic heterocycles. The Bertz CT molecular complexity index is 362. The minimum absolute atomic E-state index is 0.504. The molecule has 0 spiro atoms. The Labute approximate surface area is 110 Å². The first kappa shape index (κ1) is 12.2. The zero-order chi connectivity index (χ0) is 12.5. The fourth-order valence-electron chi connectivity index (χ4n) is 3.74. The van der Waals surface area contributed by atoms with Gasteiger partial charge < -0.3 is 14.6 Å². The van der Waals surface area contributed by atoms with Crippen molar-refractivity contribution in [1.82, 2.24) is 10.2 Å². The maximum absolute atomic E-state index is 5.42. The second-order valence-corrected chi connectivity index (χ2v) is 6.07. The molecule has 2 saturated heterocycles. The van der Waals surface area contributed by atoms with Crippen molar-refractivity contribution < 1.29 is 4.42 Å². The van der Waals surface area contributed by atoms with Gasteiger partial charge in [-0.05, 0) is 51.8 Å². The molecule has 3 unspecified atom stereocenters. The second kappa shape index (κ2) is 5.06. The van der Waals surface area contributed by atoms with E-state index in [0.29, 0.717) is 12.1 Å². The fourth-order valence-corrected chi connectivity index (χ4v) is 3.74. The molecule has 0 radical (unpaired) electrons. The number of hydrogen-bond donors (Lipinski definition) is 1. The van der Waals surface area contributed by atoms with Gasteiger partial charge in [-0.3, -0.25) is 0 Å². The summed E-state index contributed by atoms with van der Waals surface area (Å²) in [5.74, 6) is 1.09. The lowest BCUT2D eigenvalue weighted by atomic mass is 9.97. The molecule has 0 saturated carbocycles. The maximum Gasteiger partial charge on any atom is 0.105 e. The number of nitrogens with one attached hydrogen (secondary N) is 1. The number of piperidine rings is 1. The molecule has 2 aliphatic rings. The van der Waals surface area contributed by atoms with Gasteiger partial charge in [0.2, 0.25) is 0 Å². The standard InChI is InChI=1S/C15H24N2O/c1-11(8-15-4-3-7-18-15)16-12-9-13-5-6-14(10-12)17(13)2/h3-4,7,11-14,16H,5-6,8-10H2,1-2H3. The Morgan fingerprint density at radius 2 is 2.11 bits per heavy atom. The summed E-state index contributed by atoms with van der Waals surface area (Å²) in [6, 6.07) is 6.87. The second-order valence-electron chi connectivity index (χ2n) is 6.07. The summed E-state index contributed by atoms with van der Waals surface area (Å²) in [4.78, 5) is 2.59. The van der Waals surface area contributed by atoms with Gasteiger partial charge in [-0.25, -0.2) is 0 Å². The van der Waals surface area contributed by atoms with E-state index >= 15 is 0 Å². The largest absolute Gasteiger partial charge is 0.469 e. The van der Waals surface area contributed by atoms with Crippen molar-refractivity contribution in [2.75, 3.05) is 7.05 Å². The molecule has 3 nitrogen and oxygen atoms in total. The molecule has 0 amide bonds. The predicted molar refractivity (Wildman–Crippen MR) is 72.6 cm³/mol. The van der Waals surface area contributed by atoms with E-state index in [0.717, 1.165) is 24.3 Å². The van der Waals surface area contributed by atoms with Crippen LogP contribution in [-0.4, -0.2) is 36.1 Å². The molecule has 100 valence electrons. The van der Waals surface area contributed by atoms with Crippen LogP contribution < -0.4 is 5.32 Å². The molecule has 18 heavy (non-hydrogen) atoms. The van der Waals surface area contributed by atoms with Crippen molar-refractivity contribution in [3.8, 4) is 0 Å². The van der Waals surface area contributed by atoms with E-state index in [1.807, 2.05) is 6.07 Å². The molecule has 3 heteroatoms. The van der Waals surface area contributed by atoms with Gasteiger partial charge in [0.25, 0.3) is 0 Å². The smallest absolute Gasteiger partial charge is 0.105 e. The third-order valence-electron chi connectivity index (χ3n) is 4.71. The summed E-state index contributed by atoms with van der Waals surface area (Å²) in [5, 5.41) is 3.79. The Kier molecular flexibility index (Phi) is 3.44. The van der Waals surface area contributed by atoms with Gasteiger partial charge in [0.15, 0.2) is 0 Å². The van der Waals surface area contributed by atoms with Crippen LogP contribution in [0.1, 0.15) is 38.4 Å². The molecular formula is C15H24N2O. The zero-order valence-corrected chi connectivity index (χ0v) is 11.4. The minimum atomic E-state index is 0.504. The monoisotopic (exact) mass is 248 g/mol. The van der Waals surface area contributed by atoms with Gasteiger partial charge in [-0.1, -0.05) is 0 Å².